The predicted octanol–water partition coefficient (Wildman–Crippen LogP) is 4.56. The summed E-state index contributed by atoms with van der Waals surface area (Å²) in [5.41, 5.74) is -0.399. The molecule has 8 heteroatoms. The number of nitrogens with zero attached hydrogens (tertiary/aromatic N) is 2. The Morgan fingerprint density at radius 1 is 1.32 bits per heavy atom. The van der Waals surface area contributed by atoms with Crippen LogP contribution in [0.4, 0.5) is 0 Å². The number of ether oxygens (including phenoxy) is 1. The Balaban J connectivity index is 2.10. The fourth-order valence-corrected chi connectivity index (χ4v) is 4.36. The second-order valence-corrected chi connectivity index (χ2v) is 9.20. The summed E-state index contributed by atoms with van der Waals surface area (Å²) in [5.74, 6) is -0.856. The largest absolute Gasteiger partial charge is 0.497 e. The van der Waals surface area contributed by atoms with Crippen LogP contribution in [0.5, 0.6) is 11.6 Å². The van der Waals surface area contributed by atoms with Crippen LogP contribution in [0.25, 0.3) is 0 Å². The van der Waals surface area contributed by atoms with E-state index >= 15 is 0 Å². The fraction of sp³-hybridized carbons (Fsp3) is 0.348. The van der Waals surface area contributed by atoms with Crippen molar-refractivity contribution in [2.75, 3.05) is 7.11 Å². The lowest BCUT2D eigenvalue weighted by Crippen LogP contribution is -2.27. The first-order valence-corrected chi connectivity index (χ1v) is 10.4. The molecule has 3 rings (SSSR count). The molecule has 0 spiro atoms. The Hall–Kier alpha value is -2.75. The van der Waals surface area contributed by atoms with Gasteiger partial charge in [-0.1, -0.05) is 49.2 Å². The predicted molar refractivity (Wildman–Crippen MR) is 119 cm³/mol. The highest BCUT2D eigenvalue weighted by Gasteiger charge is 2.61. The number of nitriles is 1. The van der Waals surface area contributed by atoms with Crippen molar-refractivity contribution >= 4 is 29.0 Å². The number of allylic oxidation sites excluding steroid dienone is 1. The molecule has 1 aliphatic carbocycles. The lowest BCUT2D eigenvalue weighted by molar-refractivity contribution is 0.0946. The van der Waals surface area contributed by atoms with Crippen molar-refractivity contribution in [2.45, 2.75) is 27.3 Å². The van der Waals surface area contributed by atoms with Crippen LogP contribution in [-0.2, 0) is 6.54 Å². The van der Waals surface area contributed by atoms with Gasteiger partial charge in [-0.15, -0.1) is 0 Å². The lowest BCUT2D eigenvalue weighted by atomic mass is 9.96. The molecule has 31 heavy (non-hydrogen) atoms. The molecule has 0 bridgehead atoms. The van der Waals surface area contributed by atoms with Crippen LogP contribution in [0.1, 0.15) is 40.9 Å². The number of pyridine rings is 1. The number of aromatic nitrogens is 1. The first-order valence-electron chi connectivity index (χ1n) is 9.61. The molecule has 1 aromatic carbocycles. The third-order valence-corrected chi connectivity index (χ3v) is 6.30. The molecule has 1 aromatic heterocycles. The lowest BCUT2D eigenvalue weighted by Gasteiger charge is -2.16. The molecule has 2 unspecified atom stereocenters. The van der Waals surface area contributed by atoms with Crippen LogP contribution in [0, 0.1) is 35.5 Å². The smallest absolute Gasteiger partial charge is 0.271 e. The molecular formula is C23H22Cl2N2O4. The van der Waals surface area contributed by atoms with E-state index in [4.69, 9.17) is 27.9 Å². The summed E-state index contributed by atoms with van der Waals surface area (Å²) in [4.78, 5) is 26.3. The highest BCUT2D eigenvalue weighted by atomic mass is 35.5. The number of methoxy groups -OCH3 is 1. The molecule has 162 valence electrons. The van der Waals surface area contributed by atoms with Crippen LogP contribution in [0.3, 0.4) is 0 Å². The summed E-state index contributed by atoms with van der Waals surface area (Å²) < 4.78 is 6.25. The summed E-state index contributed by atoms with van der Waals surface area (Å²) in [6.07, 6.45) is 1.61. The van der Waals surface area contributed by atoms with Gasteiger partial charge in [0.15, 0.2) is 5.78 Å². The molecule has 1 N–H and O–H groups in total. The molecule has 0 aliphatic heterocycles. The number of Topliss-reactive ketones (excluding diaryl/α,β-unsaturated/α-hetero) is 1. The Morgan fingerprint density at radius 3 is 2.45 bits per heavy atom. The van der Waals surface area contributed by atoms with Gasteiger partial charge < -0.3 is 9.84 Å². The number of hydrogen-bond donors (Lipinski definition) is 1. The fourth-order valence-electron chi connectivity index (χ4n) is 4.09. The number of hydrogen-bond acceptors (Lipinski definition) is 5. The number of benzene rings is 1. The minimum absolute atomic E-state index is 0.00516. The highest BCUT2D eigenvalue weighted by Crippen LogP contribution is 2.61. The molecule has 0 amide bonds. The van der Waals surface area contributed by atoms with Crippen LogP contribution in [0.2, 0.25) is 0 Å². The van der Waals surface area contributed by atoms with Crippen molar-refractivity contribution in [1.82, 2.24) is 4.57 Å². The van der Waals surface area contributed by atoms with E-state index in [2.05, 4.69) is 0 Å². The van der Waals surface area contributed by atoms with Crippen LogP contribution < -0.4 is 10.3 Å². The van der Waals surface area contributed by atoms with E-state index in [1.165, 1.54) is 6.92 Å². The van der Waals surface area contributed by atoms with Gasteiger partial charge in [0.2, 0.25) is 5.88 Å². The van der Waals surface area contributed by atoms with E-state index in [1.54, 1.807) is 37.5 Å². The van der Waals surface area contributed by atoms with Gasteiger partial charge in [0.1, 0.15) is 21.9 Å². The molecule has 1 fully saturated rings. The minimum atomic E-state index is -0.653. The number of carbonyl (C=O) groups is 1. The van der Waals surface area contributed by atoms with Crippen LogP contribution in [0.15, 0.2) is 39.6 Å². The van der Waals surface area contributed by atoms with E-state index in [-0.39, 0.29) is 39.4 Å². The quantitative estimate of drug-likeness (QED) is 0.637. The Labute approximate surface area is 190 Å². The molecule has 0 saturated heterocycles. The Bertz CT molecular complexity index is 1170. The first-order chi connectivity index (χ1) is 14.5. The maximum atomic E-state index is 13.4. The normalized spacial score (nSPS) is 18.7. The van der Waals surface area contributed by atoms with Crippen LogP contribution in [-0.4, -0.2) is 22.6 Å². The van der Waals surface area contributed by atoms with Crippen molar-refractivity contribution in [1.29, 1.82) is 5.26 Å². The zero-order valence-electron chi connectivity index (χ0n) is 17.6. The van der Waals surface area contributed by atoms with Gasteiger partial charge in [-0.3, -0.25) is 14.2 Å². The second-order valence-electron chi connectivity index (χ2n) is 8.20. The standard InChI is InChI=1S/C23H22Cl2N2O4/c1-12-15(10-26)21(29)27(11-13-5-7-14(31-4)8-6-13)22(30)18(12)20(28)19-16(9-17(24)25)23(19,2)3/h5-9,16,19,30H,11H2,1-4H3. The zero-order valence-corrected chi connectivity index (χ0v) is 19.1. The summed E-state index contributed by atoms with van der Waals surface area (Å²) >= 11 is 11.6. The molecular weight excluding hydrogens is 439 g/mol. The average Bonchev–Trinajstić information content (AvgIpc) is 3.24. The maximum Gasteiger partial charge on any atom is 0.271 e. The van der Waals surface area contributed by atoms with Crippen molar-refractivity contribution in [3.8, 4) is 17.7 Å². The summed E-state index contributed by atoms with van der Waals surface area (Å²) in [6, 6.07) is 8.82. The molecule has 1 saturated carbocycles. The first kappa shape index (κ1) is 22.9. The maximum absolute atomic E-state index is 13.4. The molecule has 1 aliphatic rings. The van der Waals surface area contributed by atoms with E-state index in [0.29, 0.717) is 11.3 Å². The number of aromatic hydroxyl groups is 1. The minimum Gasteiger partial charge on any atom is -0.497 e. The van der Waals surface area contributed by atoms with Gasteiger partial charge in [0, 0.05) is 5.92 Å². The Kier molecular flexibility index (Phi) is 6.22. The monoisotopic (exact) mass is 460 g/mol. The molecule has 2 aromatic rings. The van der Waals surface area contributed by atoms with Crippen LogP contribution >= 0.6 is 23.2 Å². The van der Waals surface area contributed by atoms with Gasteiger partial charge in [-0.05, 0) is 47.6 Å². The third-order valence-electron chi connectivity index (χ3n) is 6.04. The topological polar surface area (TPSA) is 92.3 Å². The number of halogens is 2. The molecule has 0 radical (unpaired) electrons. The van der Waals surface area contributed by atoms with E-state index in [9.17, 15) is 20.0 Å². The van der Waals surface area contributed by atoms with E-state index in [1.807, 2.05) is 19.9 Å². The summed E-state index contributed by atoms with van der Waals surface area (Å²) in [6.45, 7) is 5.30. The second kappa shape index (κ2) is 8.41. The molecule has 6 nitrogen and oxygen atoms in total. The van der Waals surface area contributed by atoms with Gasteiger partial charge in [-0.25, -0.2) is 0 Å². The van der Waals surface area contributed by atoms with E-state index < -0.39 is 22.8 Å². The third kappa shape index (κ3) is 4.08. The van der Waals surface area contributed by atoms with Crippen molar-refractivity contribution in [3.05, 3.63) is 67.4 Å². The van der Waals surface area contributed by atoms with E-state index in [0.717, 1.165) is 4.57 Å². The Morgan fingerprint density at radius 2 is 1.94 bits per heavy atom. The highest BCUT2D eigenvalue weighted by molar-refractivity contribution is 6.55. The van der Waals surface area contributed by atoms with Crippen molar-refractivity contribution in [3.63, 3.8) is 0 Å². The number of ketones is 1. The average molecular weight is 461 g/mol. The number of rotatable bonds is 6. The van der Waals surface area contributed by atoms with Gasteiger partial charge in [-0.2, -0.15) is 5.26 Å². The van der Waals surface area contributed by atoms with Crippen molar-refractivity contribution < 1.29 is 14.6 Å². The molecule has 2 atom stereocenters. The summed E-state index contributed by atoms with van der Waals surface area (Å²) in [5, 5.41) is 20.5. The zero-order chi connectivity index (χ0) is 23.1. The number of carbonyl (C=O) groups excluding carboxylic acids is 1. The van der Waals surface area contributed by atoms with Gasteiger partial charge >= 0.3 is 0 Å². The SMILES string of the molecule is COc1ccc(Cn2c(O)c(C(=O)C3C(C=C(Cl)Cl)C3(C)C)c(C)c(C#N)c2=O)cc1. The van der Waals surface area contributed by atoms with Crippen molar-refractivity contribution in [2.24, 2.45) is 17.3 Å². The molecule has 1 heterocycles. The summed E-state index contributed by atoms with van der Waals surface area (Å²) in [7, 11) is 1.54. The van der Waals surface area contributed by atoms with Gasteiger partial charge in [0.05, 0.1) is 19.2 Å². The van der Waals surface area contributed by atoms with Gasteiger partial charge in [0.25, 0.3) is 5.56 Å².